The number of hydrogen-bond donors (Lipinski definition) is 1. The number of hydrogen-bond acceptors (Lipinski definition) is 6. The summed E-state index contributed by atoms with van der Waals surface area (Å²) in [5, 5.41) is 11.9. The van der Waals surface area contributed by atoms with E-state index in [-0.39, 0.29) is 11.9 Å². The lowest BCUT2D eigenvalue weighted by Gasteiger charge is -2.11. The number of carbonyl (C=O) groups is 1. The maximum atomic E-state index is 12.8. The molecule has 0 fully saturated rings. The van der Waals surface area contributed by atoms with Gasteiger partial charge >= 0.3 is 0 Å². The van der Waals surface area contributed by atoms with Gasteiger partial charge in [-0.3, -0.25) is 4.79 Å². The van der Waals surface area contributed by atoms with Crippen LogP contribution in [0.3, 0.4) is 0 Å². The smallest absolute Gasteiger partial charge is 0.256 e. The number of anilines is 1. The third-order valence-electron chi connectivity index (χ3n) is 4.31. The number of nitrogens with one attached hydrogen (secondary N) is 1. The van der Waals surface area contributed by atoms with Crippen LogP contribution < -0.4 is 5.32 Å². The van der Waals surface area contributed by atoms with Gasteiger partial charge in [0.1, 0.15) is 22.9 Å². The van der Waals surface area contributed by atoms with Crippen LogP contribution in [0.4, 0.5) is 5.82 Å². The average Bonchev–Trinajstić information content (AvgIpc) is 3.25. The molecule has 0 bridgehead atoms. The van der Waals surface area contributed by atoms with E-state index in [4.69, 9.17) is 0 Å². The molecular weight excluding hydrogens is 396 g/mol. The number of rotatable bonds is 6. The SMILES string of the molecule is CC(C)n1cnnc1-c1cccc(NC(=O)c2cccc(Sc3ccccn3)c2)n1. The third-order valence-corrected chi connectivity index (χ3v) is 5.25. The molecule has 150 valence electrons. The highest BCUT2D eigenvalue weighted by molar-refractivity contribution is 7.99. The molecule has 0 saturated carbocycles. The van der Waals surface area contributed by atoms with Crippen LogP contribution in [0.1, 0.15) is 30.2 Å². The maximum Gasteiger partial charge on any atom is 0.256 e. The molecule has 1 amide bonds. The van der Waals surface area contributed by atoms with Crippen molar-refractivity contribution >= 4 is 23.5 Å². The molecule has 4 rings (SSSR count). The summed E-state index contributed by atoms with van der Waals surface area (Å²) >= 11 is 1.51. The van der Waals surface area contributed by atoms with E-state index in [9.17, 15) is 4.79 Å². The zero-order valence-corrected chi connectivity index (χ0v) is 17.4. The topological polar surface area (TPSA) is 85.6 Å². The van der Waals surface area contributed by atoms with E-state index in [1.165, 1.54) is 11.8 Å². The number of pyridine rings is 2. The molecule has 3 aromatic heterocycles. The van der Waals surface area contributed by atoms with Gasteiger partial charge in [0.15, 0.2) is 5.82 Å². The summed E-state index contributed by atoms with van der Waals surface area (Å²) in [5.74, 6) is 0.891. The molecule has 4 aromatic rings. The zero-order chi connectivity index (χ0) is 20.9. The van der Waals surface area contributed by atoms with Gasteiger partial charge in [-0.25, -0.2) is 9.97 Å². The van der Waals surface area contributed by atoms with Gasteiger partial charge in [-0.05, 0) is 56.3 Å². The Kier molecular flexibility index (Phi) is 5.85. The molecule has 0 aliphatic carbocycles. The molecule has 0 unspecified atom stereocenters. The second-order valence-corrected chi connectivity index (χ2v) is 7.91. The van der Waals surface area contributed by atoms with Crippen LogP contribution in [0.15, 0.2) is 83.1 Å². The lowest BCUT2D eigenvalue weighted by Crippen LogP contribution is -2.13. The van der Waals surface area contributed by atoms with Crippen molar-refractivity contribution in [2.24, 2.45) is 0 Å². The Morgan fingerprint density at radius 3 is 2.73 bits per heavy atom. The predicted molar refractivity (Wildman–Crippen MR) is 116 cm³/mol. The van der Waals surface area contributed by atoms with Gasteiger partial charge < -0.3 is 9.88 Å². The van der Waals surface area contributed by atoms with Crippen molar-refractivity contribution in [2.45, 2.75) is 29.8 Å². The van der Waals surface area contributed by atoms with E-state index in [1.807, 2.05) is 53.1 Å². The molecule has 1 aromatic carbocycles. The Morgan fingerprint density at radius 2 is 1.93 bits per heavy atom. The van der Waals surface area contributed by atoms with Gasteiger partial charge in [0.2, 0.25) is 0 Å². The Hall–Kier alpha value is -3.52. The van der Waals surface area contributed by atoms with Crippen molar-refractivity contribution in [3.8, 4) is 11.5 Å². The van der Waals surface area contributed by atoms with E-state index >= 15 is 0 Å². The van der Waals surface area contributed by atoms with E-state index in [2.05, 4.69) is 39.3 Å². The quantitative estimate of drug-likeness (QED) is 0.489. The Morgan fingerprint density at radius 1 is 1.07 bits per heavy atom. The van der Waals surface area contributed by atoms with Crippen LogP contribution in [-0.2, 0) is 0 Å². The van der Waals surface area contributed by atoms with Gasteiger partial charge in [0, 0.05) is 22.7 Å². The number of carbonyl (C=O) groups excluding carboxylic acids is 1. The molecule has 0 radical (unpaired) electrons. The monoisotopic (exact) mass is 416 g/mol. The van der Waals surface area contributed by atoms with Gasteiger partial charge in [-0.15, -0.1) is 10.2 Å². The summed E-state index contributed by atoms with van der Waals surface area (Å²) < 4.78 is 1.94. The third kappa shape index (κ3) is 4.55. The minimum atomic E-state index is -0.228. The number of benzene rings is 1. The highest BCUT2D eigenvalue weighted by atomic mass is 32.2. The maximum absolute atomic E-state index is 12.8. The predicted octanol–water partition coefficient (Wildman–Crippen LogP) is 4.72. The second-order valence-electron chi connectivity index (χ2n) is 6.82. The second kappa shape index (κ2) is 8.87. The van der Waals surface area contributed by atoms with Gasteiger partial charge in [0.05, 0.1) is 0 Å². The van der Waals surface area contributed by atoms with E-state index in [1.54, 1.807) is 24.7 Å². The Bertz CT molecular complexity index is 1160. The minimum Gasteiger partial charge on any atom is -0.310 e. The van der Waals surface area contributed by atoms with E-state index < -0.39 is 0 Å². The fourth-order valence-electron chi connectivity index (χ4n) is 2.85. The molecule has 0 aliphatic heterocycles. The van der Waals surface area contributed by atoms with E-state index in [0.29, 0.717) is 22.9 Å². The normalized spacial score (nSPS) is 10.9. The molecule has 1 N–H and O–H groups in total. The summed E-state index contributed by atoms with van der Waals surface area (Å²) in [4.78, 5) is 22.6. The largest absolute Gasteiger partial charge is 0.310 e. The summed E-state index contributed by atoms with van der Waals surface area (Å²) in [5.41, 5.74) is 1.20. The number of nitrogens with zero attached hydrogens (tertiary/aromatic N) is 5. The fraction of sp³-hybridized carbons (Fsp3) is 0.136. The summed E-state index contributed by atoms with van der Waals surface area (Å²) in [7, 11) is 0. The first-order valence-electron chi connectivity index (χ1n) is 9.47. The van der Waals surface area contributed by atoms with Crippen molar-refractivity contribution in [2.75, 3.05) is 5.32 Å². The van der Waals surface area contributed by atoms with Crippen LogP contribution in [0.5, 0.6) is 0 Å². The lowest BCUT2D eigenvalue weighted by atomic mass is 10.2. The lowest BCUT2D eigenvalue weighted by molar-refractivity contribution is 0.102. The average molecular weight is 417 g/mol. The first kappa shape index (κ1) is 19.8. The molecule has 3 heterocycles. The summed E-state index contributed by atoms with van der Waals surface area (Å²) in [6.07, 6.45) is 3.43. The molecule has 30 heavy (non-hydrogen) atoms. The van der Waals surface area contributed by atoms with Crippen LogP contribution in [0.25, 0.3) is 11.5 Å². The summed E-state index contributed by atoms with van der Waals surface area (Å²) in [6, 6.07) is 18.8. The van der Waals surface area contributed by atoms with Crippen LogP contribution in [0.2, 0.25) is 0 Å². The molecule has 0 saturated heterocycles. The molecule has 0 atom stereocenters. The number of amides is 1. The minimum absolute atomic E-state index is 0.203. The van der Waals surface area contributed by atoms with E-state index in [0.717, 1.165) is 9.92 Å². The highest BCUT2D eigenvalue weighted by Crippen LogP contribution is 2.26. The first-order chi connectivity index (χ1) is 14.6. The van der Waals surface area contributed by atoms with Gasteiger partial charge in [-0.2, -0.15) is 0 Å². The van der Waals surface area contributed by atoms with Crippen LogP contribution in [0, 0.1) is 0 Å². The molecule has 7 nitrogen and oxygen atoms in total. The van der Waals surface area contributed by atoms with Gasteiger partial charge in [0.25, 0.3) is 5.91 Å². The first-order valence-corrected chi connectivity index (χ1v) is 10.3. The fourth-order valence-corrected chi connectivity index (χ4v) is 3.68. The Balaban J connectivity index is 1.52. The summed E-state index contributed by atoms with van der Waals surface area (Å²) in [6.45, 7) is 4.10. The highest BCUT2D eigenvalue weighted by Gasteiger charge is 2.13. The van der Waals surface area contributed by atoms with Crippen molar-refractivity contribution in [3.05, 3.63) is 78.8 Å². The standard InChI is InChI=1S/C22H20N6OS/c1-15(2)28-14-24-27-21(28)18-9-6-10-19(25-18)26-22(29)16-7-5-8-17(13-16)30-20-11-3-4-12-23-20/h3-15H,1-2H3,(H,25,26,29). The molecule has 0 spiro atoms. The van der Waals surface area contributed by atoms with Crippen molar-refractivity contribution in [1.82, 2.24) is 24.7 Å². The van der Waals surface area contributed by atoms with Crippen molar-refractivity contribution in [3.63, 3.8) is 0 Å². The zero-order valence-electron chi connectivity index (χ0n) is 16.6. The number of aromatic nitrogens is 5. The molecular formula is C22H20N6OS. The van der Waals surface area contributed by atoms with Crippen LogP contribution >= 0.6 is 11.8 Å². The molecule has 8 heteroatoms. The van der Waals surface area contributed by atoms with Crippen molar-refractivity contribution in [1.29, 1.82) is 0 Å². The van der Waals surface area contributed by atoms with Crippen molar-refractivity contribution < 1.29 is 4.79 Å². The Labute approximate surface area is 178 Å². The van der Waals surface area contributed by atoms with Crippen LogP contribution in [-0.4, -0.2) is 30.6 Å². The van der Waals surface area contributed by atoms with Gasteiger partial charge in [-0.1, -0.05) is 30.0 Å². The molecule has 0 aliphatic rings.